The molecule has 4 nitrogen and oxygen atoms in total. The largest absolute Gasteiger partial charge is 0.744 e. The maximum absolute atomic E-state index is 10.4. The van der Waals surface area contributed by atoms with Crippen molar-refractivity contribution in [3.63, 3.8) is 0 Å². The molecule has 0 atom stereocenters. The maximum Gasteiger partial charge on any atom is 0.153 e. The molecule has 0 aliphatic rings. The first-order valence-electron chi connectivity index (χ1n) is 7.87. The predicted octanol–water partition coefficient (Wildman–Crippen LogP) is 3.67. The van der Waals surface area contributed by atoms with Gasteiger partial charge in [-0.15, -0.1) is 0 Å². The van der Waals surface area contributed by atoms with Gasteiger partial charge in [0.1, 0.15) is 21.6 Å². The van der Waals surface area contributed by atoms with Gasteiger partial charge in [0, 0.05) is 17.3 Å². The van der Waals surface area contributed by atoms with Crippen LogP contribution < -0.4 is 0 Å². The van der Waals surface area contributed by atoms with Crippen LogP contribution in [-0.4, -0.2) is 18.1 Å². The Bertz CT molecular complexity index is 904. The molecule has 0 aliphatic heterocycles. The summed E-state index contributed by atoms with van der Waals surface area (Å²) in [7, 11) is -4.27. The summed E-state index contributed by atoms with van der Waals surface area (Å²) < 4.78 is 31.2. The van der Waals surface area contributed by atoms with Crippen LogP contribution in [0.1, 0.15) is 11.1 Å². The SMILES string of the molecule is Cc1ccc(S(=O)(=O)[O-])cc1.Oc1ccc([SH+]Cc2ccccc2)cc1. The van der Waals surface area contributed by atoms with Gasteiger partial charge >= 0.3 is 0 Å². The monoisotopic (exact) mass is 388 g/mol. The lowest BCUT2D eigenvalue weighted by Gasteiger charge is -2.05. The van der Waals surface area contributed by atoms with Gasteiger partial charge in [-0.25, -0.2) is 8.42 Å². The highest BCUT2D eigenvalue weighted by Crippen LogP contribution is 2.13. The van der Waals surface area contributed by atoms with Crippen molar-refractivity contribution >= 4 is 21.9 Å². The van der Waals surface area contributed by atoms with Gasteiger partial charge in [0.15, 0.2) is 4.90 Å². The number of aromatic hydroxyl groups is 1. The molecule has 0 aliphatic carbocycles. The van der Waals surface area contributed by atoms with Crippen LogP contribution in [0.2, 0.25) is 0 Å². The molecule has 0 heterocycles. The van der Waals surface area contributed by atoms with Crippen molar-refractivity contribution < 1.29 is 18.1 Å². The average Bonchev–Trinajstić information content (AvgIpc) is 2.62. The van der Waals surface area contributed by atoms with Crippen LogP contribution in [0.25, 0.3) is 0 Å². The zero-order valence-electron chi connectivity index (χ0n) is 14.2. The van der Waals surface area contributed by atoms with E-state index in [2.05, 4.69) is 24.3 Å². The summed E-state index contributed by atoms with van der Waals surface area (Å²) in [6.07, 6.45) is 0. The Kier molecular flexibility index (Phi) is 7.26. The fourth-order valence-corrected chi connectivity index (χ4v) is 3.43. The molecule has 136 valence electrons. The Morgan fingerprint density at radius 1 is 0.885 bits per heavy atom. The fraction of sp³-hybridized carbons (Fsp3) is 0.100. The number of benzene rings is 3. The molecule has 0 spiro atoms. The standard InChI is InChI=1S/C13H12OS.C7H8O3S/c14-12-6-8-13(9-7-12)15-10-11-4-2-1-3-5-11;1-6-2-4-7(5-3-6)11(8,9)10/h1-9,14H,10H2;2-5H,1H3,(H,8,9,10). The smallest absolute Gasteiger partial charge is 0.153 e. The summed E-state index contributed by atoms with van der Waals surface area (Å²) in [5.74, 6) is 1.35. The second-order valence-corrected chi connectivity index (χ2v) is 8.11. The molecule has 0 saturated carbocycles. The van der Waals surface area contributed by atoms with E-state index in [9.17, 15) is 13.0 Å². The molecule has 6 heteroatoms. The minimum atomic E-state index is -4.27. The Balaban J connectivity index is 0.000000197. The van der Waals surface area contributed by atoms with E-state index in [-0.39, 0.29) is 4.90 Å². The molecule has 0 amide bonds. The van der Waals surface area contributed by atoms with Crippen LogP contribution >= 0.6 is 0 Å². The highest BCUT2D eigenvalue weighted by molar-refractivity contribution is 7.85. The van der Waals surface area contributed by atoms with Crippen LogP contribution in [0.4, 0.5) is 0 Å². The first-order valence-corrected chi connectivity index (χ1v) is 10.4. The normalized spacial score (nSPS) is 10.7. The molecular formula is C20H20O4S2. The van der Waals surface area contributed by atoms with Crippen LogP contribution in [-0.2, 0) is 27.6 Å². The third-order valence-electron chi connectivity index (χ3n) is 3.45. The minimum absolute atomic E-state index is 0.178. The Morgan fingerprint density at radius 3 is 2.00 bits per heavy atom. The van der Waals surface area contributed by atoms with Gasteiger partial charge in [-0.3, -0.25) is 0 Å². The maximum atomic E-state index is 10.4. The van der Waals surface area contributed by atoms with Crippen molar-refractivity contribution in [2.75, 3.05) is 0 Å². The van der Waals surface area contributed by atoms with Crippen molar-refractivity contribution in [1.29, 1.82) is 0 Å². The lowest BCUT2D eigenvalue weighted by molar-refractivity contribution is 0.463. The van der Waals surface area contributed by atoms with E-state index in [0.29, 0.717) is 5.75 Å². The van der Waals surface area contributed by atoms with E-state index < -0.39 is 10.1 Å². The topological polar surface area (TPSA) is 77.4 Å². The molecule has 3 rings (SSSR count). The number of phenols is 1. The average molecular weight is 389 g/mol. The van der Waals surface area contributed by atoms with Gasteiger partial charge in [-0.2, -0.15) is 0 Å². The van der Waals surface area contributed by atoms with E-state index in [4.69, 9.17) is 5.11 Å². The van der Waals surface area contributed by atoms with Crippen molar-refractivity contribution in [3.8, 4) is 5.75 Å². The van der Waals surface area contributed by atoms with Gasteiger partial charge in [-0.1, -0.05) is 48.0 Å². The number of hydrogen-bond acceptors (Lipinski definition) is 4. The Morgan fingerprint density at radius 2 is 1.46 bits per heavy atom. The molecule has 1 N–H and O–H groups in total. The summed E-state index contributed by atoms with van der Waals surface area (Å²) in [5.41, 5.74) is 2.27. The second-order valence-electron chi connectivity index (χ2n) is 5.59. The second kappa shape index (κ2) is 9.43. The molecule has 0 aromatic heterocycles. The summed E-state index contributed by atoms with van der Waals surface area (Å²) >= 11 is 1.27. The van der Waals surface area contributed by atoms with Crippen LogP contribution in [0.5, 0.6) is 5.75 Å². The first kappa shape index (κ1) is 20.0. The first-order chi connectivity index (χ1) is 12.3. The summed E-state index contributed by atoms with van der Waals surface area (Å²) in [4.78, 5) is 1.06. The van der Waals surface area contributed by atoms with Gasteiger partial charge in [0.25, 0.3) is 0 Å². The van der Waals surface area contributed by atoms with Crippen LogP contribution in [0.15, 0.2) is 88.7 Å². The van der Waals surface area contributed by atoms with Gasteiger partial charge < -0.3 is 9.66 Å². The van der Waals surface area contributed by atoms with Gasteiger partial charge in [-0.05, 0) is 43.3 Å². The van der Waals surface area contributed by atoms with Crippen molar-refractivity contribution in [3.05, 3.63) is 90.0 Å². The number of thiol groups is 1. The van der Waals surface area contributed by atoms with E-state index in [1.807, 2.05) is 25.1 Å². The molecule has 3 aromatic rings. The van der Waals surface area contributed by atoms with Crippen molar-refractivity contribution in [2.45, 2.75) is 22.5 Å². The molecule has 0 saturated heterocycles. The Hall–Kier alpha value is -2.28. The number of rotatable bonds is 4. The zero-order valence-corrected chi connectivity index (χ0v) is 16.0. The molecule has 3 aromatic carbocycles. The predicted molar refractivity (Wildman–Crippen MR) is 104 cm³/mol. The highest BCUT2D eigenvalue weighted by Gasteiger charge is 2.03. The molecular weight excluding hydrogens is 368 g/mol. The van der Waals surface area contributed by atoms with E-state index in [1.54, 1.807) is 24.3 Å². The fourth-order valence-electron chi connectivity index (χ4n) is 2.03. The lowest BCUT2D eigenvalue weighted by Crippen LogP contribution is -1.97. The van der Waals surface area contributed by atoms with E-state index in [0.717, 1.165) is 11.3 Å². The number of aryl methyl sites for hydroxylation is 1. The zero-order chi connectivity index (χ0) is 19.0. The molecule has 0 radical (unpaired) electrons. The minimum Gasteiger partial charge on any atom is -0.744 e. The lowest BCUT2D eigenvalue weighted by atomic mass is 10.2. The van der Waals surface area contributed by atoms with Gasteiger partial charge in [0.05, 0.1) is 4.90 Å². The molecule has 0 bridgehead atoms. The third kappa shape index (κ3) is 6.92. The summed E-state index contributed by atoms with van der Waals surface area (Å²) in [6, 6.07) is 23.6. The van der Waals surface area contributed by atoms with Crippen LogP contribution in [0.3, 0.4) is 0 Å². The summed E-state index contributed by atoms with van der Waals surface area (Å²) in [6.45, 7) is 1.82. The van der Waals surface area contributed by atoms with E-state index >= 15 is 0 Å². The number of hydrogen-bond donors (Lipinski definition) is 1. The quantitative estimate of drug-likeness (QED) is 0.420. The van der Waals surface area contributed by atoms with Crippen LogP contribution in [0, 0.1) is 6.92 Å². The Labute approximate surface area is 158 Å². The van der Waals surface area contributed by atoms with Crippen molar-refractivity contribution in [1.82, 2.24) is 0 Å². The number of phenolic OH excluding ortho intramolecular Hbond substituents is 1. The summed E-state index contributed by atoms with van der Waals surface area (Å²) in [5, 5.41) is 9.14. The van der Waals surface area contributed by atoms with Gasteiger partial charge in [0.2, 0.25) is 0 Å². The molecule has 26 heavy (non-hydrogen) atoms. The highest BCUT2D eigenvalue weighted by atomic mass is 32.2. The third-order valence-corrected chi connectivity index (χ3v) is 5.48. The van der Waals surface area contributed by atoms with Crippen molar-refractivity contribution in [2.24, 2.45) is 0 Å². The molecule has 0 unspecified atom stereocenters. The van der Waals surface area contributed by atoms with E-state index in [1.165, 1.54) is 34.4 Å². The molecule has 0 fully saturated rings.